The standard InChI is InChI=1S/C13H15N3O3/c1-2-3-12-15-13(19-16-12)14-7-9-4-5-10-11(6-9)18-8-17-10/h4-6H,2-3,7-8H2,1H3,(H,14,15,16). The Balaban J connectivity index is 1.62. The van der Waals surface area contributed by atoms with Crippen LogP contribution in [0.25, 0.3) is 0 Å². The predicted octanol–water partition coefficient (Wildman–Crippen LogP) is 2.36. The monoisotopic (exact) mass is 261 g/mol. The quantitative estimate of drug-likeness (QED) is 0.891. The number of hydrogen-bond donors (Lipinski definition) is 1. The molecule has 1 N–H and O–H groups in total. The molecule has 19 heavy (non-hydrogen) atoms. The third-order valence-corrected chi connectivity index (χ3v) is 2.82. The Hall–Kier alpha value is -2.24. The molecule has 100 valence electrons. The second kappa shape index (κ2) is 5.17. The van der Waals surface area contributed by atoms with Crippen molar-refractivity contribution in [2.75, 3.05) is 12.1 Å². The fourth-order valence-corrected chi connectivity index (χ4v) is 1.88. The molecule has 0 radical (unpaired) electrons. The third kappa shape index (κ3) is 2.62. The number of rotatable bonds is 5. The number of benzene rings is 1. The smallest absolute Gasteiger partial charge is 0.321 e. The SMILES string of the molecule is CCCc1noc(NCc2ccc3c(c2)OCO3)n1. The van der Waals surface area contributed by atoms with E-state index in [-0.39, 0.29) is 6.79 Å². The molecule has 6 heteroatoms. The van der Waals surface area contributed by atoms with Crippen molar-refractivity contribution < 1.29 is 14.0 Å². The molecule has 6 nitrogen and oxygen atoms in total. The average Bonchev–Trinajstić information content (AvgIpc) is 3.04. The molecular formula is C13H15N3O3. The van der Waals surface area contributed by atoms with E-state index in [1.165, 1.54) is 0 Å². The minimum atomic E-state index is 0.288. The van der Waals surface area contributed by atoms with Crippen molar-refractivity contribution in [1.29, 1.82) is 0 Å². The summed E-state index contributed by atoms with van der Waals surface area (Å²) in [7, 11) is 0. The summed E-state index contributed by atoms with van der Waals surface area (Å²) in [6, 6.07) is 6.26. The number of anilines is 1. The molecule has 0 atom stereocenters. The summed E-state index contributed by atoms with van der Waals surface area (Å²) in [6.45, 7) is 2.97. The van der Waals surface area contributed by atoms with Gasteiger partial charge in [0, 0.05) is 13.0 Å². The molecule has 2 aromatic rings. The average molecular weight is 261 g/mol. The van der Waals surface area contributed by atoms with Gasteiger partial charge in [0.2, 0.25) is 6.79 Å². The van der Waals surface area contributed by atoms with Crippen molar-refractivity contribution >= 4 is 6.01 Å². The van der Waals surface area contributed by atoms with Crippen LogP contribution in [0.2, 0.25) is 0 Å². The highest BCUT2D eigenvalue weighted by atomic mass is 16.7. The molecule has 0 spiro atoms. The van der Waals surface area contributed by atoms with Crippen molar-refractivity contribution in [2.24, 2.45) is 0 Å². The summed E-state index contributed by atoms with van der Waals surface area (Å²) in [5.41, 5.74) is 1.07. The van der Waals surface area contributed by atoms with E-state index in [2.05, 4.69) is 22.4 Å². The van der Waals surface area contributed by atoms with Crippen LogP contribution in [0.1, 0.15) is 24.7 Å². The van der Waals surface area contributed by atoms with E-state index in [1.807, 2.05) is 18.2 Å². The summed E-state index contributed by atoms with van der Waals surface area (Å²) in [6.07, 6.45) is 1.83. The van der Waals surface area contributed by atoms with Crippen LogP contribution in [0, 0.1) is 0 Å². The lowest BCUT2D eigenvalue weighted by Crippen LogP contribution is -1.99. The second-order valence-corrected chi connectivity index (χ2v) is 4.31. The molecule has 0 fully saturated rings. The number of nitrogens with zero attached hydrogens (tertiary/aromatic N) is 2. The maximum absolute atomic E-state index is 5.33. The molecule has 2 heterocycles. The molecule has 0 aliphatic carbocycles. The summed E-state index contributed by atoms with van der Waals surface area (Å²) in [5.74, 6) is 2.29. The van der Waals surface area contributed by atoms with Gasteiger partial charge in [0.15, 0.2) is 17.3 Å². The van der Waals surface area contributed by atoms with Gasteiger partial charge >= 0.3 is 6.01 Å². The van der Waals surface area contributed by atoms with Crippen molar-refractivity contribution in [3.63, 3.8) is 0 Å². The van der Waals surface area contributed by atoms with Crippen LogP contribution in [0.3, 0.4) is 0 Å². The van der Waals surface area contributed by atoms with E-state index in [0.29, 0.717) is 12.6 Å². The van der Waals surface area contributed by atoms with E-state index < -0.39 is 0 Å². The normalized spacial score (nSPS) is 12.7. The summed E-state index contributed by atoms with van der Waals surface area (Å²) >= 11 is 0. The zero-order valence-corrected chi connectivity index (χ0v) is 10.7. The zero-order valence-electron chi connectivity index (χ0n) is 10.7. The Kier molecular flexibility index (Phi) is 3.22. The van der Waals surface area contributed by atoms with Crippen LogP contribution in [0.4, 0.5) is 6.01 Å². The first-order valence-corrected chi connectivity index (χ1v) is 6.30. The lowest BCUT2D eigenvalue weighted by atomic mass is 10.2. The molecule has 0 unspecified atom stereocenters. The van der Waals surface area contributed by atoms with E-state index in [4.69, 9.17) is 14.0 Å². The van der Waals surface area contributed by atoms with E-state index in [1.54, 1.807) is 0 Å². The summed E-state index contributed by atoms with van der Waals surface area (Å²) in [5, 5.41) is 6.98. The molecule has 0 amide bonds. The Morgan fingerprint density at radius 2 is 2.16 bits per heavy atom. The van der Waals surface area contributed by atoms with Gasteiger partial charge in [-0.25, -0.2) is 0 Å². The Labute approximate surface area is 110 Å². The van der Waals surface area contributed by atoms with Gasteiger partial charge in [-0.3, -0.25) is 0 Å². The molecule has 0 saturated carbocycles. The Morgan fingerprint density at radius 3 is 3.05 bits per heavy atom. The molecular weight excluding hydrogens is 246 g/mol. The minimum Gasteiger partial charge on any atom is -0.454 e. The van der Waals surface area contributed by atoms with Gasteiger partial charge in [-0.2, -0.15) is 4.98 Å². The lowest BCUT2D eigenvalue weighted by Gasteiger charge is -2.02. The van der Waals surface area contributed by atoms with Gasteiger partial charge < -0.3 is 19.3 Å². The van der Waals surface area contributed by atoms with Gasteiger partial charge in [-0.05, 0) is 24.1 Å². The van der Waals surface area contributed by atoms with Crippen LogP contribution in [0.5, 0.6) is 11.5 Å². The van der Waals surface area contributed by atoms with E-state index in [0.717, 1.165) is 35.7 Å². The minimum absolute atomic E-state index is 0.288. The highest BCUT2D eigenvalue weighted by molar-refractivity contribution is 5.45. The zero-order chi connectivity index (χ0) is 13.1. The predicted molar refractivity (Wildman–Crippen MR) is 68.2 cm³/mol. The molecule has 1 aromatic carbocycles. The highest BCUT2D eigenvalue weighted by Gasteiger charge is 2.13. The van der Waals surface area contributed by atoms with Crippen molar-refractivity contribution in [2.45, 2.75) is 26.3 Å². The second-order valence-electron chi connectivity index (χ2n) is 4.31. The number of ether oxygens (including phenoxy) is 2. The summed E-state index contributed by atoms with van der Waals surface area (Å²) in [4.78, 5) is 4.24. The molecule has 1 aliphatic heterocycles. The first kappa shape index (κ1) is 11.8. The van der Waals surface area contributed by atoms with Crippen LogP contribution in [-0.4, -0.2) is 16.9 Å². The summed E-state index contributed by atoms with van der Waals surface area (Å²) < 4.78 is 15.7. The van der Waals surface area contributed by atoms with Crippen LogP contribution >= 0.6 is 0 Å². The molecule has 1 aliphatic rings. The number of nitrogens with one attached hydrogen (secondary N) is 1. The third-order valence-electron chi connectivity index (χ3n) is 2.82. The number of hydrogen-bond acceptors (Lipinski definition) is 6. The maximum atomic E-state index is 5.33. The van der Waals surface area contributed by atoms with Crippen LogP contribution in [-0.2, 0) is 13.0 Å². The Morgan fingerprint density at radius 1 is 1.26 bits per heavy atom. The topological polar surface area (TPSA) is 69.4 Å². The van der Waals surface area contributed by atoms with Gasteiger partial charge in [0.1, 0.15) is 0 Å². The van der Waals surface area contributed by atoms with Crippen molar-refractivity contribution in [1.82, 2.24) is 10.1 Å². The first-order chi connectivity index (χ1) is 9.35. The lowest BCUT2D eigenvalue weighted by molar-refractivity contribution is 0.174. The van der Waals surface area contributed by atoms with E-state index in [9.17, 15) is 0 Å². The van der Waals surface area contributed by atoms with Gasteiger partial charge in [-0.15, -0.1) is 0 Å². The molecule has 0 saturated heterocycles. The maximum Gasteiger partial charge on any atom is 0.321 e. The van der Waals surface area contributed by atoms with Gasteiger partial charge in [0.25, 0.3) is 0 Å². The number of aromatic nitrogens is 2. The van der Waals surface area contributed by atoms with Crippen molar-refractivity contribution in [3.05, 3.63) is 29.6 Å². The number of aryl methyl sites for hydroxylation is 1. The Bertz CT molecular complexity index is 568. The van der Waals surface area contributed by atoms with Crippen LogP contribution < -0.4 is 14.8 Å². The molecule has 0 bridgehead atoms. The van der Waals surface area contributed by atoms with Crippen LogP contribution in [0.15, 0.2) is 22.7 Å². The molecule has 3 rings (SSSR count). The van der Waals surface area contributed by atoms with Gasteiger partial charge in [-0.1, -0.05) is 18.1 Å². The number of fused-ring (bicyclic) bond motifs is 1. The highest BCUT2D eigenvalue weighted by Crippen LogP contribution is 2.32. The fraction of sp³-hybridized carbons (Fsp3) is 0.385. The van der Waals surface area contributed by atoms with Gasteiger partial charge in [0.05, 0.1) is 0 Å². The van der Waals surface area contributed by atoms with Crippen molar-refractivity contribution in [3.8, 4) is 11.5 Å². The first-order valence-electron chi connectivity index (χ1n) is 6.30. The molecule has 1 aromatic heterocycles. The largest absolute Gasteiger partial charge is 0.454 e. The fourth-order valence-electron chi connectivity index (χ4n) is 1.88. The van der Waals surface area contributed by atoms with E-state index >= 15 is 0 Å².